The number of aromatic amines is 1. The van der Waals surface area contributed by atoms with Crippen molar-refractivity contribution in [2.75, 3.05) is 11.9 Å². The highest BCUT2D eigenvalue weighted by molar-refractivity contribution is 7.14. The SMILES string of the molecule is Cc1[nH]c2ccccc2c1-c1csc(NC(=O)CCC(=O)N2CCC(c3ccccc3)=N2)n1. The molecular weight excluding hydrogens is 434 g/mol. The number of amides is 2. The molecule has 2 amide bonds. The van der Waals surface area contributed by atoms with Crippen LogP contribution in [0.25, 0.3) is 22.2 Å². The van der Waals surface area contributed by atoms with Crippen LogP contribution in [0.3, 0.4) is 0 Å². The number of fused-ring (bicyclic) bond motifs is 1. The summed E-state index contributed by atoms with van der Waals surface area (Å²) in [5.74, 6) is -0.378. The lowest BCUT2D eigenvalue weighted by Crippen LogP contribution is -2.24. The van der Waals surface area contributed by atoms with Gasteiger partial charge in [0.2, 0.25) is 11.8 Å². The number of para-hydroxylation sites is 1. The number of aryl methyl sites for hydroxylation is 1. The molecule has 0 spiro atoms. The molecular formula is C25H23N5O2S. The van der Waals surface area contributed by atoms with Crippen molar-refractivity contribution in [3.63, 3.8) is 0 Å². The van der Waals surface area contributed by atoms with E-state index in [1.807, 2.05) is 60.8 Å². The van der Waals surface area contributed by atoms with Gasteiger partial charge in [-0.05, 0) is 18.6 Å². The van der Waals surface area contributed by atoms with Crippen LogP contribution in [-0.2, 0) is 9.59 Å². The molecule has 7 nitrogen and oxygen atoms in total. The third-order valence-electron chi connectivity index (χ3n) is 5.66. The van der Waals surface area contributed by atoms with Gasteiger partial charge in [0.15, 0.2) is 5.13 Å². The van der Waals surface area contributed by atoms with Crippen LogP contribution in [-0.4, -0.2) is 39.0 Å². The first-order valence-electron chi connectivity index (χ1n) is 10.8. The molecule has 2 aromatic heterocycles. The normalized spacial score (nSPS) is 13.4. The Hall–Kier alpha value is -3.78. The number of hydrogen-bond donors (Lipinski definition) is 2. The van der Waals surface area contributed by atoms with Gasteiger partial charge >= 0.3 is 0 Å². The summed E-state index contributed by atoms with van der Waals surface area (Å²) in [5.41, 5.74) is 5.87. The average molecular weight is 458 g/mol. The number of anilines is 1. The number of carbonyl (C=O) groups is 2. The van der Waals surface area contributed by atoms with Crippen molar-refractivity contribution in [1.29, 1.82) is 0 Å². The summed E-state index contributed by atoms with van der Waals surface area (Å²) in [6.45, 7) is 2.56. The molecule has 0 bridgehead atoms. The van der Waals surface area contributed by atoms with Crippen molar-refractivity contribution in [3.05, 3.63) is 71.2 Å². The molecule has 0 atom stereocenters. The minimum absolute atomic E-state index is 0.0898. The second-order valence-corrected chi connectivity index (χ2v) is 8.79. The summed E-state index contributed by atoms with van der Waals surface area (Å²) in [4.78, 5) is 32.9. The van der Waals surface area contributed by atoms with Crippen LogP contribution in [0.5, 0.6) is 0 Å². The molecule has 3 heterocycles. The maximum Gasteiger partial charge on any atom is 0.243 e. The van der Waals surface area contributed by atoms with Crippen LogP contribution in [0.1, 0.15) is 30.5 Å². The van der Waals surface area contributed by atoms with Crippen LogP contribution < -0.4 is 5.32 Å². The van der Waals surface area contributed by atoms with Crippen LogP contribution in [0, 0.1) is 6.92 Å². The minimum Gasteiger partial charge on any atom is -0.358 e. The number of aromatic nitrogens is 2. The molecule has 4 aromatic rings. The molecule has 0 unspecified atom stereocenters. The van der Waals surface area contributed by atoms with Crippen LogP contribution in [0.4, 0.5) is 5.13 Å². The van der Waals surface area contributed by atoms with Crippen LogP contribution >= 0.6 is 11.3 Å². The zero-order valence-corrected chi connectivity index (χ0v) is 19.0. The highest BCUT2D eigenvalue weighted by Gasteiger charge is 2.22. The molecule has 0 fully saturated rings. The first-order chi connectivity index (χ1) is 16.1. The highest BCUT2D eigenvalue weighted by atomic mass is 32.1. The van der Waals surface area contributed by atoms with Gasteiger partial charge in [0.1, 0.15) is 0 Å². The van der Waals surface area contributed by atoms with Crippen molar-refractivity contribution < 1.29 is 9.59 Å². The Morgan fingerprint density at radius 2 is 1.88 bits per heavy atom. The first kappa shape index (κ1) is 21.1. The predicted octanol–water partition coefficient (Wildman–Crippen LogP) is 4.96. The number of rotatable bonds is 6. The van der Waals surface area contributed by atoms with E-state index in [4.69, 9.17) is 0 Å². The molecule has 2 N–H and O–H groups in total. The van der Waals surface area contributed by atoms with E-state index in [2.05, 4.69) is 26.5 Å². The summed E-state index contributed by atoms with van der Waals surface area (Å²) in [6, 6.07) is 17.9. The zero-order chi connectivity index (χ0) is 22.8. The maximum atomic E-state index is 12.5. The van der Waals surface area contributed by atoms with Crippen molar-refractivity contribution in [3.8, 4) is 11.3 Å². The molecule has 8 heteroatoms. The van der Waals surface area contributed by atoms with Gasteiger partial charge < -0.3 is 10.3 Å². The summed E-state index contributed by atoms with van der Waals surface area (Å²) in [7, 11) is 0. The fourth-order valence-electron chi connectivity index (χ4n) is 4.05. The maximum absolute atomic E-state index is 12.5. The molecule has 1 aliphatic rings. The summed E-state index contributed by atoms with van der Waals surface area (Å²) < 4.78 is 0. The van der Waals surface area contributed by atoms with Crippen LogP contribution in [0.2, 0.25) is 0 Å². The molecule has 5 rings (SSSR count). The largest absolute Gasteiger partial charge is 0.358 e. The number of benzene rings is 2. The molecule has 0 radical (unpaired) electrons. The first-order valence-corrected chi connectivity index (χ1v) is 11.7. The van der Waals surface area contributed by atoms with E-state index < -0.39 is 0 Å². The Kier molecular flexibility index (Phi) is 5.75. The number of nitrogens with zero attached hydrogens (tertiary/aromatic N) is 3. The third-order valence-corrected chi connectivity index (χ3v) is 6.42. The molecule has 1 aliphatic heterocycles. The average Bonchev–Trinajstić information content (AvgIpc) is 3.56. The van der Waals surface area contributed by atoms with E-state index in [-0.39, 0.29) is 24.7 Å². The molecule has 166 valence electrons. The number of nitrogens with one attached hydrogen (secondary N) is 2. The molecule has 0 saturated heterocycles. The van der Waals surface area contributed by atoms with E-state index in [0.717, 1.165) is 45.6 Å². The van der Waals surface area contributed by atoms with Gasteiger partial charge in [-0.1, -0.05) is 48.5 Å². The lowest BCUT2D eigenvalue weighted by Gasteiger charge is -2.10. The molecule has 0 aliphatic carbocycles. The summed E-state index contributed by atoms with van der Waals surface area (Å²) in [6.07, 6.45) is 0.917. The lowest BCUT2D eigenvalue weighted by molar-refractivity contribution is -0.132. The Balaban J connectivity index is 1.19. The van der Waals surface area contributed by atoms with Crippen LogP contribution in [0.15, 0.2) is 65.1 Å². The van der Waals surface area contributed by atoms with Crippen molar-refractivity contribution >= 4 is 44.9 Å². The van der Waals surface area contributed by atoms with E-state index in [1.165, 1.54) is 16.3 Å². The molecule has 33 heavy (non-hydrogen) atoms. The Morgan fingerprint density at radius 1 is 1.09 bits per heavy atom. The Morgan fingerprint density at radius 3 is 2.73 bits per heavy atom. The zero-order valence-electron chi connectivity index (χ0n) is 18.2. The Labute approximate surface area is 195 Å². The van der Waals surface area contributed by atoms with Gasteiger partial charge in [-0.2, -0.15) is 5.10 Å². The number of hydrogen-bond acceptors (Lipinski definition) is 5. The quantitative estimate of drug-likeness (QED) is 0.429. The second-order valence-electron chi connectivity index (χ2n) is 7.94. The Bertz CT molecular complexity index is 1360. The van der Waals surface area contributed by atoms with E-state index in [1.54, 1.807) is 0 Å². The third kappa shape index (κ3) is 4.42. The number of carbonyl (C=O) groups excluding carboxylic acids is 2. The second kappa shape index (κ2) is 8.99. The van der Waals surface area contributed by atoms with E-state index in [0.29, 0.717) is 11.7 Å². The summed E-state index contributed by atoms with van der Waals surface area (Å²) >= 11 is 1.38. The smallest absolute Gasteiger partial charge is 0.243 e. The minimum atomic E-state index is -0.230. The fourth-order valence-corrected chi connectivity index (χ4v) is 4.77. The molecule has 2 aromatic carbocycles. The molecule has 0 saturated carbocycles. The predicted molar refractivity (Wildman–Crippen MR) is 131 cm³/mol. The van der Waals surface area contributed by atoms with Gasteiger partial charge in [-0.25, -0.2) is 9.99 Å². The van der Waals surface area contributed by atoms with Crippen molar-refractivity contribution in [2.24, 2.45) is 5.10 Å². The standard InChI is InChI=1S/C25H23N5O2S/c1-16-24(18-9-5-6-10-20(18)26-16)21-15-33-25(27-21)28-22(31)11-12-23(32)30-14-13-19(29-30)17-7-3-2-4-8-17/h2-10,15,26H,11-14H2,1H3,(H,27,28,31). The number of H-pyrrole nitrogens is 1. The topological polar surface area (TPSA) is 90.5 Å². The lowest BCUT2D eigenvalue weighted by atomic mass is 10.1. The monoisotopic (exact) mass is 457 g/mol. The summed E-state index contributed by atoms with van der Waals surface area (Å²) in [5, 5.41) is 12.3. The van der Waals surface area contributed by atoms with Crippen molar-refractivity contribution in [2.45, 2.75) is 26.2 Å². The van der Waals surface area contributed by atoms with Gasteiger partial charge in [0.05, 0.1) is 18.0 Å². The fraction of sp³-hybridized carbons (Fsp3) is 0.200. The van der Waals surface area contributed by atoms with Gasteiger partial charge in [0, 0.05) is 46.8 Å². The van der Waals surface area contributed by atoms with E-state index in [9.17, 15) is 9.59 Å². The van der Waals surface area contributed by atoms with Crippen molar-refractivity contribution in [1.82, 2.24) is 15.0 Å². The van der Waals surface area contributed by atoms with Gasteiger partial charge in [-0.3, -0.25) is 9.59 Å². The van der Waals surface area contributed by atoms with Gasteiger partial charge in [-0.15, -0.1) is 11.3 Å². The van der Waals surface area contributed by atoms with Gasteiger partial charge in [0.25, 0.3) is 0 Å². The number of thiazole rings is 1. The number of hydrazone groups is 1. The highest BCUT2D eigenvalue weighted by Crippen LogP contribution is 2.33. The van der Waals surface area contributed by atoms with E-state index >= 15 is 0 Å².